The summed E-state index contributed by atoms with van der Waals surface area (Å²) < 4.78 is 11.6. The molecule has 4 rings (SSSR count). The molecule has 1 amide bonds. The Balaban J connectivity index is 1.44. The van der Waals surface area contributed by atoms with Gasteiger partial charge < -0.3 is 19.4 Å². The molecule has 38 heavy (non-hydrogen) atoms. The van der Waals surface area contributed by atoms with Crippen LogP contribution in [0, 0.1) is 0 Å². The number of aliphatic hydroxyl groups is 2. The largest absolute Gasteiger partial charge is 0.461 e. The van der Waals surface area contributed by atoms with Crippen LogP contribution in [-0.2, 0) is 9.53 Å². The molecule has 198 valence electrons. The maximum Gasteiger partial charge on any atom is 0.338 e. The van der Waals surface area contributed by atoms with Gasteiger partial charge in [-0.05, 0) is 42.5 Å². The number of ether oxygens (including phenoxy) is 1. The number of thioether (sulfide) groups is 1. The smallest absolute Gasteiger partial charge is 0.338 e. The highest BCUT2D eigenvalue weighted by Gasteiger charge is 2.34. The zero-order chi connectivity index (χ0) is 27.1. The van der Waals surface area contributed by atoms with Gasteiger partial charge in [-0.1, -0.05) is 53.8 Å². The maximum atomic E-state index is 13.2. The average Bonchev–Trinajstić information content (AvgIpc) is 3.48. The molecule has 1 saturated heterocycles. The Labute approximate surface area is 234 Å². The van der Waals surface area contributed by atoms with Gasteiger partial charge >= 0.3 is 5.97 Å². The summed E-state index contributed by atoms with van der Waals surface area (Å²) in [7, 11) is 0. The molecule has 0 aliphatic carbocycles. The van der Waals surface area contributed by atoms with Crippen molar-refractivity contribution < 1.29 is 29.0 Å². The number of furan rings is 1. The first kappa shape index (κ1) is 28.0. The van der Waals surface area contributed by atoms with E-state index in [1.54, 1.807) is 53.4 Å². The van der Waals surface area contributed by atoms with E-state index >= 15 is 0 Å². The molecule has 0 unspecified atom stereocenters. The van der Waals surface area contributed by atoms with Crippen LogP contribution in [0.15, 0.2) is 70.0 Å². The van der Waals surface area contributed by atoms with Crippen LogP contribution in [0.25, 0.3) is 17.4 Å². The summed E-state index contributed by atoms with van der Waals surface area (Å²) in [4.78, 5) is 29.4. The molecule has 1 aliphatic rings. The van der Waals surface area contributed by atoms with Crippen molar-refractivity contribution in [3.05, 3.63) is 81.9 Å². The van der Waals surface area contributed by atoms with E-state index in [1.807, 2.05) is 18.2 Å². The van der Waals surface area contributed by atoms with Crippen molar-refractivity contribution in [2.45, 2.75) is 0 Å². The number of carbonyl (C=O) groups is 2. The molecular weight excluding hydrogens is 548 g/mol. The first-order chi connectivity index (χ1) is 18.4. The molecule has 11 heteroatoms. The molecule has 1 aromatic heterocycles. The molecule has 0 saturated carbocycles. The lowest BCUT2D eigenvalue weighted by molar-refractivity contribution is -0.113. The molecule has 8 nitrogen and oxygen atoms in total. The van der Waals surface area contributed by atoms with Gasteiger partial charge in [0, 0.05) is 31.3 Å². The van der Waals surface area contributed by atoms with E-state index < -0.39 is 5.97 Å². The van der Waals surface area contributed by atoms with Crippen LogP contribution >= 0.6 is 35.6 Å². The van der Waals surface area contributed by atoms with Crippen molar-refractivity contribution >= 4 is 63.5 Å². The Kier molecular flexibility index (Phi) is 9.73. The Morgan fingerprint density at radius 1 is 1.08 bits per heavy atom. The van der Waals surface area contributed by atoms with Crippen molar-refractivity contribution in [1.82, 2.24) is 4.90 Å². The van der Waals surface area contributed by atoms with E-state index in [0.29, 0.717) is 51.1 Å². The number of halogens is 1. The third kappa shape index (κ3) is 6.71. The molecule has 0 atom stereocenters. The van der Waals surface area contributed by atoms with E-state index in [1.165, 1.54) is 4.90 Å². The van der Waals surface area contributed by atoms with Gasteiger partial charge in [0.1, 0.15) is 18.1 Å². The molecule has 2 aromatic carbocycles. The summed E-state index contributed by atoms with van der Waals surface area (Å²) in [6.45, 7) is 1.08. The van der Waals surface area contributed by atoms with Gasteiger partial charge in [-0.15, -0.1) is 0 Å². The minimum atomic E-state index is -0.552. The van der Waals surface area contributed by atoms with Gasteiger partial charge in [-0.3, -0.25) is 14.6 Å². The minimum absolute atomic E-state index is 0.0589. The number of esters is 1. The maximum absolute atomic E-state index is 13.2. The number of carbonyl (C=O) groups excluding carboxylic acids is 2. The van der Waals surface area contributed by atoms with Gasteiger partial charge in [0.2, 0.25) is 0 Å². The Hall–Kier alpha value is -2.99. The molecule has 3 aromatic rings. The fourth-order valence-corrected chi connectivity index (χ4v) is 5.30. The molecule has 2 N–H and O–H groups in total. The topological polar surface area (TPSA) is 103 Å². The third-order valence-corrected chi connectivity index (χ3v) is 7.28. The number of benzene rings is 2. The highest BCUT2D eigenvalue weighted by Crippen LogP contribution is 2.37. The number of nitrogens with zero attached hydrogens (tertiary/aromatic N) is 2. The Morgan fingerprint density at radius 3 is 2.58 bits per heavy atom. The second-order valence-corrected chi connectivity index (χ2v) is 10.3. The van der Waals surface area contributed by atoms with Crippen LogP contribution in [0.5, 0.6) is 0 Å². The van der Waals surface area contributed by atoms with E-state index in [-0.39, 0.29) is 31.3 Å². The molecular formula is C27H25ClN2O6S2. The predicted octanol–water partition coefficient (Wildman–Crippen LogP) is 4.45. The first-order valence-electron chi connectivity index (χ1n) is 11.7. The number of amides is 1. The van der Waals surface area contributed by atoms with Crippen LogP contribution in [0.1, 0.15) is 16.1 Å². The second kappa shape index (κ2) is 13.2. The van der Waals surface area contributed by atoms with E-state index in [0.717, 1.165) is 17.3 Å². The molecule has 2 heterocycles. The molecule has 0 radical (unpaired) electrons. The van der Waals surface area contributed by atoms with Crippen molar-refractivity contribution in [2.75, 3.05) is 44.4 Å². The summed E-state index contributed by atoms with van der Waals surface area (Å²) in [5.41, 5.74) is 1.47. The lowest BCUT2D eigenvalue weighted by atomic mass is 10.2. The van der Waals surface area contributed by atoms with Crippen LogP contribution in [-0.4, -0.2) is 70.8 Å². The third-order valence-electron chi connectivity index (χ3n) is 5.65. The summed E-state index contributed by atoms with van der Waals surface area (Å²) in [6, 6.07) is 17.4. The fourth-order valence-electron chi connectivity index (χ4n) is 3.80. The van der Waals surface area contributed by atoms with E-state index in [2.05, 4.69) is 0 Å². The quantitative estimate of drug-likeness (QED) is 0.196. The lowest BCUT2D eigenvalue weighted by Gasteiger charge is -2.19. The fraction of sp³-hybridized carbons (Fsp3) is 0.222. The van der Waals surface area contributed by atoms with Crippen molar-refractivity contribution in [3.63, 3.8) is 0 Å². The van der Waals surface area contributed by atoms with Gasteiger partial charge in [0.25, 0.3) is 5.91 Å². The zero-order valence-electron chi connectivity index (χ0n) is 20.2. The van der Waals surface area contributed by atoms with Gasteiger partial charge in [-0.2, -0.15) is 0 Å². The van der Waals surface area contributed by atoms with Crippen molar-refractivity contribution in [3.8, 4) is 11.3 Å². The Morgan fingerprint density at radius 2 is 1.84 bits per heavy atom. The summed E-state index contributed by atoms with van der Waals surface area (Å²) >= 11 is 12.9. The van der Waals surface area contributed by atoms with Crippen molar-refractivity contribution in [2.24, 2.45) is 0 Å². The van der Waals surface area contributed by atoms with Crippen LogP contribution < -0.4 is 4.90 Å². The Bertz CT molecular complexity index is 1350. The minimum Gasteiger partial charge on any atom is -0.461 e. The van der Waals surface area contributed by atoms with Crippen LogP contribution in [0.3, 0.4) is 0 Å². The number of hydrogen-bond donors (Lipinski definition) is 2. The molecule has 0 spiro atoms. The number of aliphatic hydroxyl groups excluding tert-OH is 2. The van der Waals surface area contributed by atoms with Crippen LogP contribution in [0.4, 0.5) is 5.69 Å². The summed E-state index contributed by atoms with van der Waals surface area (Å²) in [5.74, 6) is 0.182. The predicted molar refractivity (Wildman–Crippen MR) is 152 cm³/mol. The average molecular weight is 573 g/mol. The molecule has 1 aliphatic heterocycles. The highest BCUT2D eigenvalue weighted by atomic mass is 35.5. The first-order valence-corrected chi connectivity index (χ1v) is 13.4. The number of hydrogen-bond acceptors (Lipinski definition) is 9. The van der Waals surface area contributed by atoms with Gasteiger partial charge in [-0.25, -0.2) is 4.79 Å². The lowest BCUT2D eigenvalue weighted by Crippen LogP contribution is -2.33. The van der Waals surface area contributed by atoms with Gasteiger partial charge in [0.05, 0.1) is 34.4 Å². The summed E-state index contributed by atoms with van der Waals surface area (Å²) in [5, 5.41) is 18.8. The SMILES string of the molecule is O=C(OCCN(CCO)CCO)c1cccc(N2C(=O)C(=Cc3ccc(-c4ccccc4Cl)o3)SC2=S)c1. The van der Waals surface area contributed by atoms with E-state index in [9.17, 15) is 9.59 Å². The number of anilines is 1. The monoisotopic (exact) mass is 572 g/mol. The molecule has 0 bridgehead atoms. The standard InChI is InChI=1S/C27H25ClN2O6S2/c28-22-7-2-1-6-21(22)23-9-8-20(36-23)17-24-25(33)30(27(37)38-24)19-5-3-4-18(16-19)26(34)35-15-12-29(10-13-31)11-14-32/h1-9,16-17,31-32H,10-15H2. The van der Waals surface area contributed by atoms with Crippen LogP contribution in [0.2, 0.25) is 5.02 Å². The van der Waals surface area contributed by atoms with E-state index in [4.69, 9.17) is 43.2 Å². The second-order valence-electron chi connectivity index (χ2n) is 8.17. The molecule has 1 fully saturated rings. The van der Waals surface area contributed by atoms with Crippen molar-refractivity contribution in [1.29, 1.82) is 0 Å². The normalized spacial score (nSPS) is 14.6. The number of rotatable bonds is 11. The van der Waals surface area contributed by atoms with Gasteiger partial charge in [0.15, 0.2) is 4.32 Å². The zero-order valence-corrected chi connectivity index (χ0v) is 22.6. The summed E-state index contributed by atoms with van der Waals surface area (Å²) in [6.07, 6.45) is 1.63. The number of thiocarbonyl (C=S) groups is 1. The highest BCUT2D eigenvalue weighted by molar-refractivity contribution is 8.27.